The van der Waals surface area contributed by atoms with Gasteiger partial charge in [-0.2, -0.15) is 0 Å². The number of nitrogens with two attached hydrogens (primary N) is 1. The summed E-state index contributed by atoms with van der Waals surface area (Å²) in [5.74, 6) is -0.167. The summed E-state index contributed by atoms with van der Waals surface area (Å²) in [6, 6.07) is 5.14. The van der Waals surface area contributed by atoms with Crippen molar-refractivity contribution in [1.82, 2.24) is 0 Å². The molecule has 0 aromatic heterocycles. The van der Waals surface area contributed by atoms with Crippen LogP contribution in [0, 0.1) is 5.82 Å². The van der Waals surface area contributed by atoms with Crippen LogP contribution in [0.25, 0.3) is 0 Å². The SMILES string of the molecule is CC(C)Sc1cc(F)cc(CCN)c1. The van der Waals surface area contributed by atoms with E-state index in [1.807, 2.05) is 6.07 Å². The zero-order chi connectivity index (χ0) is 10.6. The summed E-state index contributed by atoms with van der Waals surface area (Å²) in [7, 11) is 0. The summed E-state index contributed by atoms with van der Waals surface area (Å²) >= 11 is 1.67. The van der Waals surface area contributed by atoms with Gasteiger partial charge in [0.25, 0.3) is 0 Å². The van der Waals surface area contributed by atoms with Gasteiger partial charge in [0.2, 0.25) is 0 Å². The van der Waals surface area contributed by atoms with E-state index in [4.69, 9.17) is 5.73 Å². The van der Waals surface area contributed by atoms with E-state index in [-0.39, 0.29) is 5.82 Å². The second-order valence-corrected chi connectivity index (χ2v) is 5.15. The van der Waals surface area contributed by atoms with Gasteiger partial charge in [0.1, 0.15) is 5.82 Å². The highest BCUT2D eigenvalue weighted by Crippen LogP contribution is 2.24. The highest BCUT2D eigenvalue weighted by atomic mass is 32.2. The molecule has 0 aliphatic carbocycles. The first kappa shape index (κ1) is 11.5. The molecule has 0 amide bonds. The first-order chi connectivity index (χ1) is 6.61. The average Bonchev–Trinajstić information content (AvgIpc) is 2.01. The van der Waals surface area contributed by atoms with Gasteiger partial charge < -0.3 is 5.73 Å². The van der Waals surface area contributed by atoms with E-state index in [1.54, 1.807) is 23.9 Å². The monoisotopic (exact) mass is 213 g/mol. The molecule has 0 heterocycles. The Bertz CT molecular complexity index is 299. The Morgan fingerprint density at radius 3 is 2.64 bits per heavy atom. The number of hydrogen-bond acceptors (Lipinski definition) is 2. The molecule has 0 fully saturated rings. The third-order valence-electron chi connectivity index (χ3n) is 1.74. The van der Waals surface area contributed by atoms with Crippen molar-refractivity contribution in [2.45, 2.75) is 30.4 Å². The molecule has 0 spiro atoms. The third-order valence-corrected chi connectivity index (χ3v) is 2.72. The van der Waals surface area contributed by atoms with Gasteiger partial charge in [-0.3, -0.25) is 0 Å². The van der Waals surface area contributed by atoms with Gasteiger partial charge >= 0.3 is 0 Å². The smallest absolute Gasteiger partial charge is 0.124 e. The van der Waals surface area contributed by atoms with Crippen LogP contribution in [0.15, 0.2) is 23.1 Å². The highest BCUT2D eigenvalue weighted by Gasteiger charge is 2.03. The second-order valence-electron chi connectivity index (χ2n) is 3.50. The van der Waals surface area contributed by atoms with E-state index in [2.05, 4.69) is 13.8 Å². The standard InChI is InChI=1S/C11H16FNS/c1-8(2)14-11-6-9(3-4-13)5-10(12)7-11/h5-8H,3-4,13H2,1-2H3. The Hall–Kier alpha value is -0.540. The molecule has 78 valence electrons. The van der Waals surface area contributed by atoms with Gasteiger partial charge in [-0.25, -0.2) is 4.39 Å². The molecule has 1 aromatic carbocycles. The van der Waals surface area contributed by atoms with Crippen LogP contribution in [-0.4, -0.2) is 11.8 Å². The minimum Gasteiger partial charge on any atom is -0.330 e. The lowest BCUT2D eigenvalue weighted by molar-refractivity contribution is 0.621. The molecule has 0 bridgehead atoms. The molecule has 2 N–H and O–H groups in total. The largest absolute Gasteiger partial charge is 0.330 e. The van der Waals surface area contributed by atoms with E-state index in [1.165, 1.54) is 0 Å². The van der Waals surface area contributed by atoms with Crippen molar-refractivity contribution < 1.29 is 4.39 Å². The van der Waals surface area contributed by atoms with Crippen molar-refractivity contribution in [2.24, 2.45) is 5.73 Å². The van der Waals surface area contributed by atoms with Gasteiger partial charge in [0.15, 0.2) is 0 Å². The second kappa shape index (κ2) is 5.37. The van der Waals surface area contributed by atoms with Crippen molar-refractivity contribution in [3.63, 3.8) is 0 Å². The number of rotatable bonds is 4. The zero-order valence-electron chi connectivity index (χ0n) is 8.59. The molecular weight excluding hydrogens is 197 g/mol. The molecular formula is C11H16FNS. The van der Waals surface area contributed by atoms with Crippen molar-refractivity contribution in [1.29, 1.82) is 0 Å². The molecule has 0 saturated heterocycles. The minimum absolute atomic E-state index is 0.167. The van der Waals surface area contributed by atoms with Gasteiger partial charge in [-0.15, -0.1) is 11.8 Å². The average molecular weight is 213 g/mol. The number of hydrogen-bond donors (Lipinski definition) is 1. The molecule has 1 rings (SSSR count). The summed E-state index contributed by atoms with van der Waals surface area (Å²) < 4.78 is 13.1. The van der Waals surface area contributed by atoms with Crippen LogP contribution in [0.1, 0.15) is 19.4 Å². The quantitative estimate of drug-likeness (QED) is 0.778. The van der Waals surface area contributed by atoms with Crippen LogP contribution in [0.2, 0.25) is 0 Å². The Kier molecular flexibility index (Phi) is 4.42. The lowest BCUT2D eigenvalue weighted by Crippen LogP contribution is -2.03. The summed E-state index contributed by atoms with van der Waals surface area (Å²) in [6.45, 7) is 4.76. The topological polar surface area (TPSA) is 26.0 Å². The van der Waals surface area contributed by atoms with E-state index >= 15 is 0 Å². The predicted molar refractivity (Wildman–Crippen MR) is 60.2 cm³/mol. The van der Waals surface area contributed by atoms with Gasteiger partial charge in [0.05, 0.1) is 0 Å². The molecule has 0 unspecified atom stereocenters. The fraction of sp³-hybridized carbons (Fsp3) is 0.455. The van der Waals surface area contributed by atoms with Crippen LogP contribution in [0.3, 0.4) is 0 Å². The number of halogens is 1. The minimum atomic E-state index is -0.167. The number of thioether (sulfide) groups is 1. The fourth-order valence-corrected chi connectivity index (χ4v) is 2.22. The summed E-state index contributed by atoms with van der Waals surface area (Å²) in [5.41, 5.74) is 6.41. The molecule has 14 heavy (non-hydrogen) atoms. The summed E-state index contributed by atoms with van der Waals surface area (Å²) in [5, 5.41) is 0.475. The van der Waals surface area contributed by atoms with Gasteiger partial charge in [-0.1, -0.05) is 13.8 Å². The lowest BCUT2D eigenvalue weighted by Gasteiger charge is -2.07. The van der Waals surface area contributed by atoms with Crippen LogP contribution in [-0.2, 0) is 6.42 Å². The molecule has 1 nitrogen and oxygen atoms in total. The first-order valence-corrected chi connectivity index (χ1v) is 5.66. The Balaban J connectivity index is 2.83. The van der Waals surface area contributed by atoms with Crippen molar-refractivity contribution in [2.75, 3.05) is 6.54 Å². The van der Waals surface area contributed by atoms with Crippen molar-refractivity contribution >= 4 is 11.8 Å². The summed E-state index contributed by atoms with van der Waals surface area (Å²) in [4.78, 5) is 0.989. The fourth-order valence-electron chi connectivity index (χ4n) is 1.27. The normalized spacial score (nSPS) is 10.9. The maximum absolute atomic E-state index is 13.1. The highest BCUT2D eigenvalue weighted by molar-refractivity contribution is 7.99. The van der Waals surface area contributed by atoms with Gasteiger partial charge in [0, 0.05) is 10.1 Å². The van der Waals surface area contributed by atoms with E-state index < -0.39 is 0 Å². The van der Waals surface area contributed by atoms with Crippen LogP contribution in [0.4, 0.5) is 4.39 Å². The van der Waals surface area contributed by atoms with Crippen LogP contribution in [0.5, 0.6) is 0 Å². The molecule has 0 aliphatic rings. The van der Waals surface area contributed by atoms with E-state index in [0.717, 1.165) is 16.9 Å². The van der Waals surface area contributed by atoms with Crippen molar-refractivity contribution in [3.8, 4) is 0 Å². The van der Waals surface area contributed by atoms with E-state index in [0.29, 0.717) is 11.8 Å². The van der Waals surface area contributed by atoms with Crippen LogP contribution < -0.4 is 5.73 Å². The molecule has 3 heteroatoms. The molecule has 0 aliphatic heterocycles. The van der Waals surface area contributed by atoms with Gasteiger partial charge in [-0.05, 0) is 36.7 Å². The number of benzene rings is 1. The zero-order valence-corrected chi connectivity index (χ0v) is 9.40. The Morgan fingerprint density at radius 1 is 1.36 bits per heavy atom. The third kappa shape index (κ3) is 3.68. The Morgan fingerprint density at radius 2 is 2.07 bits per heavy atom. The summed E-state index contributed by atoms with van der Waals surface area (Å²) in [6.07, 6.45) is 0.739. The predicted octanol–water partition coefficient (Wildman–Crippen LogP) is 2.83. The lowest BCUT2D eigenvalue weighted by atomic mass is 10.1. The maximum Gasteiger partial charge on any atom is 0.124 e. The molecule has 0 radical (unpaired) electrons. The molecule has 0 saturated carbocycles. The van der Waals surface area contributed by atoms with Crippen LogP contribution >= 0.6 is 11.8 Å². The van der Waals surface area contributed by atoms with E-state index in [9.17, 15) is 4.39 Å². The Labute approximate surface area is 88.9 Å². The maximum atomic E-state index is 13.1. The first-order valence-electron chi connectivity index (χ1n) is 4.78. The molecule has 1 aromatic rings. The van der Waals surface area contributed by atoms with Crippen molar-refractivity contribution in [3.05, 3.63) is 29.6 Å². The molecule has 0 atom stereocenters.